The second-order valence-corrected chi connectivity index (χ2v) is 5.56. The van der Waals surface area contributed by atoms with E-state index in [0.29, 0.717) is 24.2 Å². The molecular formula is C17H17N3O3. The topological polar surface area (TPSA) is 72.3 Å². The minimum Gasteiger partial charge on any atom is -0.331 e. The van der Waals surface area contributed by atoms with Crippen molar-refractivity contribution in [1.29, 1.82) is 0 Å². The number of Topliss-reactive ketones (excluding diaryl/α,β-unsaturated/α-hetero) is 1. The van der Waals surface area contributed by atoms with Crippen LogP contribution in [0.4, 0.5) is 5.69 Å². The first-order valence-electron chi connectivity index (χ1n) is 7.51. The van der Waals surface area contributed by atoms with Crippen LogP contribution in [-0.4, -0.2) is 27.1 Å². The van der Waals surface area contributed by atoms with E-state index in [4.69, 9.17) is 0 Å². The molecule has 1 aliphatic rings. The van der Waals surface area contributed by atoms with Crippen LogP contribution in [0.25, 0.3) is 0 Å². The third kappa shape index (κ3) is 2.92. The molecule has 0 bridgehead atoms. The predicted octanol–water partition coefficient (Wildman–Crippen LogP) is 1.89. The smallest absolute Gasteiger partial charge is 0.234 e. The van der Waals surface area contributed by atoms with Gasteiger partial charge in [0.05, 0.1) is 18.2 Å². The van der Waals surface area contributed by atoms with Gasteiger partial charge in [-0.05, 0) is 18.1 Å². The van der Waals surface area contributed by atoms with Gasteiger partial charge in [-0.3, -0.25) is 19.3 Å². The van der Waals surface area contributed by atoms with E-state index >= 15 is 0 Å². The van der Waals surface area contributed by atoms with Crippen molar-refractivity contribution in [2.75, 3.05) is 4.90 Å². The predicted molar refractivity (Wildman–Crippen MR) is 84.0 cm³/mol. The molecule has 1 aromatic heterocycles. The number of benzene rings is 1. The molecule has 2 amide bonds. The molecule has 1 aromatic carbocycles. The van der Waals surface area contributed by atoms with Crippen molar-refractivity contribution in [3.8, 4) is 0 Å². The summed E-state index contributed by atoms with van der Waals surface area (Å²) in [5, 5.41) is 0. The molecule has 118 valence electrons. The minimum absolute atomic E-state index is 0.0149. The molecule has 1 fully saturated rings. The summed E-state index contributed by atoms with van der Waals surface area (Å²) in [6.45, 7) is 0. The molecule has 1 saturated heterocycles. The average molecular weight is 311 g/mol. The Morgan fingerprint density at radius 1 is 1.17 bits per heavy atom. The molecular weight excluding hydrogens is 294 g/mol. The molecule has 0 N–H and O–H groups in total. The first-order chi connectivity index (χ1) is 11.1. The van der Waals surface area contributed by atoms with Gasteiger partial charge >= 0.3 is 0 Å². The van der Waals surface area contributed by atoms with E-state index in [0.717, 1.165) is 5.56 Å². The monoisotopic (exact) mass is 311 g/mol. The number of anilines is 1. The van der Waals surface area contributed by atoms with E-state index in [1.807, 2.05) is 12.1 Å². The number of carbonyl (C=O) groups excluding carboxylic acids is 3. The number of amides is 2. The summed E-state index contributed by atoms with van der Waals surface area (Å²) in [5.41, 5.74) is 1.97. The molecule has 23 heavy (non-hydrogen) atoms. The number of hydrogen-bond donors (Lipinski definition) is 0. The molecule has 0 saturated carbocycles. The van der Waals surface area contributed by atoms with Gasteiger partial charge in [-0.2, -0.15) is 0 Å². The maximum atomic E-state index is 12.3. The SMILES string of the molecule is Cn1cncc1C(=O)CCc1ccccc1N1C(=O)CCC1=O. The summed E-state index contributed by atoms with van der Waals surface area (Å²) >= 11 is 0. The van der Waals surface area contributed by atoms with Gasteiger partial charge in [0.2, 0.25) is 11.8 Å². The fourth-order valence-electron chi connectivity index (χ4n) is 2.79. The molecule has 6 heteroatoms. The molecule has 0 spiro atoms. The van der Waals surface area contributed by atoms with Crippen LogP contribution in [0.1, 0.15) is 35.3 Å². The Bertz CT molecular complexity index is 763. The number of hydrogen-bond acceptors (Lipinski definition) is 4. The Kier molecular flexibility index (Phi) is 4.06. The summed E-state index contributed by atoms with van der Waals surface area (Å²) in [4.78, 5) is 41.3. The van der Waals surface area contributed by atoms with Crippen LogP contribution in [0.15, 0.2) is 36.8 Å². The second-order valence-electron chi connectivity index (χ2n) is 5.56. The summed E-state index contributed by atoms with van der Waals surface area (Å²) in [6, 6.07) is 7.24. The molecule has 2 heterocycles. The van der Waals surface area contributed by atoms with Crippen molar-refractivity contribution in [3.05, 3.63) is 48.0 Å². The van der Waals surface area contributed by atoms with Crippen molar-refractivity contribution >= 4 is 23.3 Å². The maximum absolute atomic E-state index is 12.3. The first-order valence-corrected chi connectivity index (χ1v) is 7.51. The molecule has 0 radical (unpaired) electrons. The Hall–Kier alpha value is -2.76. The van der Waals surface area contributed by atoms with E-state index in [-0.39, 0.29) is 30.4 Å². The van der Waals surface area contributed by atoms with Crippen molar-refractivity contribution < 1.29 is 14.4 Å². The number of rotatable bonds is 5. The Morgan fingerprint density at radius 3 is 2.52 bits per heavy atom. The zero-order chi connectivity index (χ0) is 16.4. The molecule has 3 rings (SSSR count). The van der Waals surface area contributed by atoms with Crippen molar-refractivity contribution in [2.45, 2.75) is 25.7 Å². The summed E-state index contributed by atoms with van der Waals surface area (Å²) in [5.74, 6) is -0.375. The highest BCUT2D eigenvalue weighted by atomic mass is 16.2. The van der Waals surface area contributed by atoms with E-state index in [9.17, 15) is 14.4 Å². The highest BCUT2D eigenvalue weighted by Crippen LogP contribution is 2.27. The van der Waals surface area contributed by atoms with E-state index < -0.39 is 0 Å². The highest BCUT2D eigenvalue weighted by molar-refractivity contribution is 6.20. The maximum Gasteiger partial charge on any atom is 0.234 e. The zero-order valence-electron chi connectivity index (χ0n) is 12.9. The largest absolute Gasteiger partial charge is 0.331 e. The number of aromatic nitrogens is 2. The van der Waals surface area contributed by atoms with Crippen LogP contribution in [0, 0.1) is 0 Å². The lowest BCUT2D eigenvalue weighted by atomic mass is 10.0. The average Bonchev–Trinajstić information content (AvgIpc) is 3.11. The van der Waals surface area contributed by atoms with Gasteiger partial charge < -0.3 is 4.57 Å². The Morgan fingerprint density at radius 2 is 1.87 bits per heavy atom. The fourth-order valence-corrected chi connectivity index (χ4v) is 2.79. The lowest BCUT2D eigenvalue weighted by molar-refractivity contribution is -0.121. The number of ketones is 1. The van der Waals surface area contributed by atoms with Crippen molar-refractivity contribution in [3.63, 3.8) is 0 Å². The molecule has 6 nitrogen and oxygen atoms in total. The molecule has 2 aromatic rings. The molecule has 0 atom stereocenters. The number of para-hydroxylation sites is 1. The Labute approximate surface area is 133 Å². The van der Waals surface area contributed by atoms with Crippen molar-refractivity contribution in [1.82, 2.24) is 9.55 Å². The summed E-state index contributed by atoms with van der Waals surface area (Å²) in [6.07, 6.45) is 4.40. The molecule has 0 unspecified atom stereocenters. The minimum atomic E-state index is -0.180. The zero-order valence-corrected chi connectivity index (χ0v) is 12.9. The standard InChI is InChI=1S/C17H17N3O3/c1-19-11-18-10-14(19)15(21)7-6-12-4-2-3-5-13(12)20-16(22)8-9-17(20)23/h2-5,10-11H,6-9H2,1H3. The third-order valence-corrected chi connectivity index (χ3v) is 4.01. The van der Waals surface area contributed by atoms with Crippen LogP contribution in [0.3, 0.4) is 0 Å². The summed E-state index contributed by atoms with van der Waals surface area (Å²) < 4.78 is 1.68. The van der Waals surface area contributed by atoms with Crippen LogP contribution in [0.5, 0.6) is 0 Å². The van der Waals surface area contributed by atoms with E-state index in [1.54, 1.807) is 36.3 Å². The quantitative estimate of drug-likeness (QED) is 0.624. The molecule has 0 aliphatic carbocycles. The number of imidazole rings is 1. The van der Waals surface area contributed by atoms with Crippen LogP contribution in [0.2, 0.25) is 0 Å². The van der Waals surface area contributed by atoms with E-state index in [1.165, 1.54) is 4.90 Å². The van der Waals surface area contributed by atoms with Gasteiger partial charge in [0.15, 0.2) is 5.78 Å². The van der Waals surface area contributed by atoms with E-state index in [2.05, 4.69) is 4.98 Å². The van der Waals surface area contributed by atoms with Gasteiger partial charge in [-0.25, -0.2) is 4.98 Å². The van der Waals surface area contributed by atoms with Gasteiger partial charge in [0.25, 0.3) is 0 Å². The highest BCUT2D eigenvalue weighted by Gasteiger charge is 2.31. The Balaban J connectivity index is 1.79. The number of imide groups is 1. The third-order valence-electron chi connectivity index (χ3n) is 4.01. The summed E-state index contributed by atoms with van der Waals surface area (Å²) in [7, 11) is 1.77. The number of nitrogens with zero attached hydrogens (tertiary/aromatic N) is 3. The number of aryl methyl sites for hydroxylation is 2. The van der Waals surface area contributed by atoms with Gasteiger partial charge in [-0.1, -0.05) is 18.2 Å². The van der Waals surface area contributed by atoms with Crippen molar-refractivity contribution in [2.24, 2.45) is 7.05 Å². The van der Waals surface area contributed by atoms with Gasteiger partial charge in [-0.15, -0.1) is 0 Å². The molecule has 1 aliphatic heterocycles. The van der Waals surface area contributed by atoms with Crippen LogP contribution in [-0.2, 0) is 23.1 Å². The number of carbonyl (C=O) groups is 3. The fraction of sp³-hybridized carbons (Fsp3) is 0.294. The normalized spacial score (nSPS) is 14.6. The first kappa shape index (κ1) is 15.1. The lowest BCUT2D eigenvalue weighted by Crippen LogP contribution is -2.29. The van der Waals surface area contributed by atoms with Crippen LogP contribution < -0.4 is 4.90 Å². The van der Waals surface area contributed by atoms with Crippen LogP contribution >= 0.6 is 0 Å². The lowest BCUT2D eigenvalue weighted by Gasteiger charge is -2.18. The second kappa shape index (κ2) is 6.16. The van der Waals surface area contributed by atoms with Gasteiger partial charge in [0, 0.05) is 26.3 Å². The van der Waals surface area contributed by atoms with Gasteiger partial charge in [0.1, 0.15) is 5.69 Å².